The fourth-order valence-corrected chi connectivity index (χ4v) is 4.55. The average molecular weight is 363 g/mol. The molecule has 7 nitrogen and oxygen atoms in total. The number of hydrogen-bond donors (Lipinski definition) is 0. The van der Waals surface area contributed by atoms with Crippen molar-refractivity contribution in [1.29, 1.82) is 0 Å². The number of hydrogen-bond acceptors (Lipinski definition) is 5. The molecule has 1 aromatic carbocycles. The Morgan fingerprint density at radius 1 is 1.22 bits per heavy atom. The maximum absolute atomic E-state index is 13.5. The average Bonchev–Trinajstić information content (AvgIpc) is 3.29. The van der Waals surface area contributed by atoms with Crippen molar-refractivity contribution in [3.63, 3.8) is 0 Å². The molecule has 4 heterocycles. The fraction of sp³-hybridized carbons (Fsp3) is 0.400. The molecule has 138 valence electrons. The second-order valence-electron chi connectivity index (χ2n) is 7.31. The number of rotatable bonds is 2. The highest BCUT2D eigenvalue weighted by Gasteiger charge is 2.46. The van der Waals surface area contributed by atoms with Crippen LogP contribution < -0.4 is 0 Å². The summed E-state index contributed by atoms with van der Waals surface area (Å²) in [7, 11) is 1.78. The number of pyridine rings is 1. The predicted molar refractivity (Wildman–Crippen MR) is 99.2 cm³/mol. The highest BCUT2D eigenvalue weighted by atomic mass is 16.5. The number of likely N-dealkylation sites (tertiary alicyclic amines) is 1. The van der Waals surface area contributed by atoms with Gasteiger partial charge in [0.1, 0.15) is 5.52 Å². The summed E-state index contributed by atoms with van der Waals surface area (Å²) in [6.07, 6.45) is 2.53. The van der Waals surface area contributed by atoms with Crippen LogP contribution in [0.4, 0.5) is 0 Å². The lowest BCUT2D eigenvalue weighted by molar-refractivity contribution is 0.0189. The molecule has 2 aromatic heterocycles. The SMILES string of the molecule is Cn1nnc2c(C(=O)N3CC(c4ccccc4)C4COCCC43)ccnc21. The van der Waals surface area contributed by atoms with Gasteiger partial charge in [-0.05, 0) is 18.1 Å². The zero-order valence-electron chi connectivity index (χ0n) is 15.2. The standard InChI is InChI=1S/C20H21N5O2/c1-24-19-18(22-23-24)14(7-9-21-19)20(26)25-11-15(13-5-3-2-4-6-13)16-12-27-10-8-17(16)25/h2-7,9,15-17H,8,10-12H2,1H3. The van der Waals surface area contributed by atoms with Crippen molar-refractivity contribution >= 4 is 17.1 Å². The topological polar surface area (TPSA) is 73.1 Å². The zero-order chi connectivity index (χ0) is 18.4. The van der Waals surface area contributed by atoms with Crippen LogP contribution in [0.5, 0.6) is 0 Å². The highest BCUT2D eigenvalue weighted by Crippen LogP contribution is 2.41. The first-order valence-electron chi connectivity index (χ1n) is 9.32. The summed E-state index contributed by atoms with van der Waals surface area (Å²) < 4.78 is 7.37. The van der Waals surface area contributed by atoms with E-state index in [4.69, 9.17) is 4.74 Å². The molecule has 1 amide bonds. The van der Waals surface area contributed by atoms with Gasteiger partial charge in [0.05, 0.1) is 12.2 Å². The normalized spacial score (nSPS) is 24.9. The summed E-state index contributed by atoms with van der Waals surface area (Å²) in [4.78, 5) is 19.8. The van der Waals surface area contributed by atoms with Crippen molar-refractivity contribution in [3.8, 4) is 0 Å². The summed E-state index contributed by atoms with van der Waals surface area (Å²) >= 11 is 0. The van der Waals surface area contributed by atoms with Gasteiger partial charge in [0.15, 0.2) is 5.65 Å². The number of carbonyl (C=O) groups is 1. The molecule has 3 unspecified atom stereocenters. The van der Waals surface area contributed by atoms with Crippen LogP contribution in [0.3, 0.4) is 0 Å². The molecule has 0 aliphatic carbocycles. The van der Waals surface area contributed by atoms with E-state index in [2.05, 4.69) is 39.6 Å². The first-order valence-corrected chi connectivity index (χ1v) is 9.32. The Kier molecular flexibility index (Phi) is 3.89. The van der Waals surface area contributed by atoms with Gasteiger partial charge >= 0.3 is 0 Å². The number of fused-ring (bicyclic) bond motifs is 2. The number of ether oxygens (including phenoxy) is 1. The molecule has 0 saturated carbocycles. The van der Waals surface area contributed by atoms with Crippen molar-refractivity contribution in [3.05, 3.63) is 53.7 Å². The number of aryl methyl sites for hydroxylation is 1. The van der Waals surface area contributed by atoms with Gasteiger partial charge in [-0.3, -0.25) is 4.79 Å². The fourth-order valence-electron chi connectivity index (χ4n) is 4.55. The highest BCUT2D eigenvalue weighted by molar-refractivity contribution is 6.04. The molecule has 0 N–H and O–H groups in total. The largest absolute Gasteiger partial charge is 0.381 e. The van der Waals surface area contributed by atoms with Crippen LogP contribution in [0.25, 0.3) is 11.2 Å². The molecule has 0 radical (unpaired) electrons. The van der Waals surface area contributed by atoms with E-state index < -0.39 is 0 Å². The van der Waals surface area contributed by atoms with Crippen molar-refractivity contribution < 1.29 is 9.53 Å². The number of nitrogens with zero attached hydrogens (tertiary/aromatic N) is 5. The third-order valence-electron chi connectivity index (χ3n) is 5.88. The lowest BCUT2D eigenvalue weighted by Gasteiger charge is -2.32. The maximum atomic E-state index is 13.5. The minimum Gasteiger partial charge on any atom is -0.381 e. The van der Waals surface area contributed by atoms with Crippen molar-refractivity contribution in [2.75, 3.05) is 19.8 Å². The number of benzene rings is 1. The quantitative estimate of drug-likeness (QED) is 0.696. The van der Waals surface area contributed by atoms with E-state index in [0.29, 0.717) is 48.3 Å². The molecule has 0 bridgehead atoms. The Hall–Kier alpha value is -2.80. The van der Waals surface area contributed by atoms with Gasteiger partial charge in [0, 0.05) is 44.3 Å². The Morgan fingerprint density at radius 3 is 2.93 bits per heavy atom. The first kappa shape index (κ1) is 16.4. The Balaban J connectivity index is 1.52. The molecule has 3 atom stereocenters. The molecule has 2 fully saturated rings. The minimum absolute atomic E-state index is 0.0123. The van der Waals surface area contributed by atoms with E-state index >= 15 is 0 Å². The smallest absolute Gasteiger partial charge is 0.256 e. The van der Waals surface area contributed by atoms with E-state index in [1.807, 2.05) is 11.0 Å². The Morgan fingerprint density at radius 2 is 2.07 bits per heavy atom. The monoisotopic (exact) mass is 363 g/mol. The van der Waals surface area contributed by atoms with Crippen LogP contribution in [0.2, 0.25) is 0 Å². The van der Waals surface area contributed by atoms with Gasteiger partial charge in [-0.2, -0.15) is 0 Å². The number of carbonyl (C=O) groups excluding carboxylic acids is 1. The van der Waals surface area contributed by atoms with Gasteiger partial charge in [-0.1, -0.05) is 35.5 Å². The van der Waals surface area contributed by atoms with E-state index in [9.17, 15) is 4.79 Å². The van der Waals surface area contributed by atoms with Crippen LogP contribution in [0.15, 0.2) is 42.6 Å². The summed E-state index contributed by atoms with van der Waals surface area (Å²) in [5, 5.41) is 8.19. The molecule has 27 heavy (non-hydrogen) atoms. The van der Waals surface area contributed by atoms with Gasteiger partial charge in [0.2, 0.25) is 0 Å². The van der Waals surface area contributed by atoms with Crippen LogP contribution >= 0.6 is 0 Å². The molecule has 0 spiro atoms. The summed E-state index contributed by atoms with van der Waals surface area (Å²) in [5.41, 5.74) is 3.04. The van der Waals surface area contributed by atoms with Gasteiger partial charge in [-0.25, -0.2) is 9.67 Å². The summed E-state index contributed by atoms with van der Waals surface area (Å²) in [5.74, 6) is 0.627. The Bertz CT molecular complexity index is 986. The second-order valence-corrected chi connectivity index (χ2v) is 7.31. The van der Waals surface area contributed by atoms with Crippen molar-refractivity contribution in [1.82, 2.24) is 24.9 Å². The molecule has 7 heteroatoms. The predicted octanol–water partition coefficient (Wildman–Crippen LogP) is 2.01. The molecule has 2 saturated heterocycles. The van der Waals surface area contributed by atoms with E-state index in [-0.39, 0.29) is 11.9 Å². The molecule has 5 rings (SSSR count). The maximum Gasteiger partial charge on any atom is 0.256 e. The van der Waals surface area contributed by atoms with E-state index in [1.165, 1.54) is 5.56 Å². The lowest BCUT2D eigenvalue weighted by atomic mass is 9.84. The van der Waals surface area contributed by atoms with E-state index in [1.54, 1.807) is 24.0 Å². The molecule has 3 aromatic rings. The Labute approximate surface area is 156 Å². The van der Waals surface area contributed by atoms with Crippen LogP contribution in [0.1, 0.15) is 28.3 Å². The molecular formula is C20H21N5O2. The van der Waals surface area contributed by atoms with Crippen LogP contribution in [0, 0.1) is 5.92 Å². The molecular weight excluding hydrogens is 342 g/mol. The van der Waals surface area contributed by atoms with Gasteiger partial charge in [0.25, 0.3) is 5.91 Å². The van der Waals surface area contributed by atoms with Crippen LogP contribution in [-0.4, -0.2) is 56.6 Å². The summed E-state index contributed by atoms with van der Waals surface area (Å²) in [6.45, 7) is 2.10. The minimum atomic E-state index is 0.0123. The molecule has 2 aliphatic heterocycles. The molecule has 2 aliphatic rings. The third-order valence-corrected chi connectivity index (χ3v) is 5.88. The van der Waals surface area contributed by atoms with Crippen molar-refractivity contribution in [2.45, 2.75) is 18.4 Å². The van der Waals surface area contributed by atoms with E-state index in [0.717, 1.165) is 6.42 Å². The number of amides is 1. The van der Waals surface area contributed by atoms with Gasteiger partial charge < -0.3 is 9.64 Å². The van der Waals surface area contributed by atoms with Crippen LogP contribution in [-0.2, 0) is 11.8 Å². The third kappa shape index (κ3) is 2.61. The zero-order valence-corrected chi connectivity index (χ0v) is 15.2. The second kappa shape index (κ2) is 6.42. The first-order chi connectivity index (χ1) is 13.2. The van der Waals surface area contributed by atoms with Gasteiger partial charge in [-0.15, -0.1) is 5.10 Å². The lowest BCUT2D eigenvalue weighted by Crippen LogP contribution is -2.42. The summed E-state index contributed by atoms with van der Waals surface area (Å²) in [6, 6.07) is 12.4. The number of aromatic nitrogens is 4. The van der Waals surface area contributed by atoms with Crippen molar-refractivity contribution in [2.24, 2.45) is 13.0 Å².